The minimum atomic E-state index is -3.75. The summed E-state index contributed by atoms with van der Waals surface area (Å²) in [5.41, 5.74) is 0.798. The second-order valence-electron chi connectivity index (χ2n) is 4.14. The molecule has 0 aliphatic rings. The molecule has 21 heavy (non-hydrogen) atoms. The molecule has 0 saturated heterocycles. The van der Waals surface area contributed by atoms with Crippen molar-refractivity contribution in [1.29, 1.82) is 5.26 Å². The Morgan fingerprint density at radius 3 is 2.67 bits per heavy atom. The summed E-state index contributed by atoms with van der Waals surface area (Å²) in [5.74, 6) is 0.455. The van der Waals surface area contributed by atoms with Crippen LogP contribution >= 0.6 is 0 Å². The Balaban J connectivity index is 2.16. The van der Waals surface area contributed by atoms with E-state index in [9.17, 15) is 8.42 Å². The van der Waals surface area contributed by atoms with E-state index in [4.69, 9.17) is 10.00 Å². The summed E-state index contributed by atoms with van der Waals surface area (Å²) in [5, 5.41) is 8.96. The van der Waals surface area contributed by atoms with Crippen LogP contribution in [-0.4, -0.2) is 20.5 Å². The van der Waals surface area contributed by atoms with Gasteiger partial charge in [-0.1, -0.05) is 18.2 Å². The lowest BCUT2D eigenvalue weighted by Gasteiger charge is -2.08. The Morgan fingerprint density at radius 2 is 2.05 bits per heavy atom. The smallest absolute Gasteiger partial charge is 0.242 e. The Labute approximate surface area is 123 Å². The van der Waals surface area contributed by atoms with Gasteiger partial charge in [-0.05, 0) is 17.7 Å². The van der Waals surface area contributed by atoms with Crippen molar-refractivity contribution in [3.05, 3.63) is 53.7 Å². The van der Waals surface area contributed by atoms with Crippen molar-refractivity contribution < 1.29 is 13.2 Å². The highest BCUT2D eigenvalue weighted by Gasteiger charge is 2.17. The van der Waals surface area contributed by atoms with Gasteiger partial charge in [0.2, 0.25) is 15.9 Å². The molecule has 1 aromatic heterocycles. The number of aromatic nitrogens is 1. The molecule has 6 nitrogen and oxygen atoms in total. The number of rotatable bonds is 5. The van der Waals surface area contributed by atoms with Gasteiger partial charge in [-0.15, -0.1) is 0 Å². The molecule has 0 bridgehead atoms. The van der Waals surface area contributed by atoms with Gasteiger partial charge in [-0.2, -0.15) is 5.26 Å². The first-order valence-corrected chi connectivity index (χ1v) is 7.53. The van der Waals surface area contributed by atoms with Crippen molar-refractivity contribution in [2.75, 3.05) is 7.11 Å². The Hall–Kier alpha value is -2.43. The van der Waals surface area contributed by atoms with E-state index in [0.717, 1.165) is 0 Å². The number of hydrogen-bond acceptors (Lipinski definition) is 5. The summed E-state index contributed by atoms with van der Waals surface area (Å²) in [7, 11) is -2.24. The predicted octanol–water partition coefficient (Wildman–Crippen LogP) is 1.44. The third-order valence-electron chi connectivity index (χ3n) is 2.77. The average Bonchev–Trinajstić information content (AvgIpc) is 2.53. The predicted molar refractivity (Wildman–Crippen MR) is 76.0 cm³/mol. The molecule has 1 heterocycles. The molecule has 0 amide bonds. The van der Waals surface area contributed by atoms with Crippen LogP contribution in [0.4, 0.5) is 0 Å². The lowest BCUT2D eigenvalue weighted by atomic mass is 10.2. The van der Waals surface area contributed by atoms with Crippen LogP contribution in [0.1, 0.15) is 11.1 Å². The second-order valence-corrected chi connectivity index (χ2v) is 5.88. The second kappa shape index (κ2) is 6.35. The maximum Gasteiger partial charge on any atom is 0.242 e. The molecule has 0 aliphatic carbocycles. The molecule has 7 heteroatoms. The zero-order valence-corrected chi connectivity index (χ0v) is 12.1. The van der Waals surface area contributed by atoms with Crippen molar-refractivity contribution in [2.24, 2.45) is 0 Å². The first-order chi connectivity index (χ1) is 10.1. The Morgan fingerprint density at radius 1 is 1.29 bits per heavy atom. The molecular weight excluding hydrogens is 290 g/mol. The largest absolute Gasteiger partial charge is 0.481 e. The van der Waals surface area contributed by atoms with Gasteiger partial charge < -0.3 is 4.74 Å². The van der Waals surface area contributed by atoms with E-state index in [-0.39, 0.29) is 17.0 Å². The van der Waals surface area contributed by atoms with Crippen LogP contribution in [0, 0.1) is 11.3 Å². The zero-order valence-electron chi connectivity index (χ0n) is 11.3. The number of nitrogens with zero attached hydrogens (tertiary/aromatic N) is 2. The molecule has 0 spiro atoms. The van der Waals surface area contributed by atoms with Crippen molar-refractivity contribution in [3.63, 3.8) is 0 Å². The topological polar surface area (TPSA) is 92.1 Å². The number of nitriles is 1. The molecule has 2 rings (SSSR count). The summed E-state index contributed by atoms with van der Waals surface area (Å²) in [6.45, 7) is 0.0824. The number of ether oxygens (including phenoxy) is 1. The third-order valence-corrected chi connectivity index (χ3v) is 4.23. The number of benzene rings is 1. The maximum atomic E-state index is 12.2. The Bertz CT molecular complexity index is 765. The fourth-order valence-electron chi connectivity index (χ4n) is 1.69. The molecule has 0 fully saturated rings. The monoisotopic (exact) mass is 303 g/mol. The van der Waals surface area contributed by atoms with Crippen molar-refractivity contribution in [2.45, 2.75) is 11.4 Å². The van der Waals surface area contributed by atoms with Crippen molar-refractivity contribution in [1.82, 2.24) is 9.71 Å². The molecule has 1 aromatic carbocycles. The fourth-order valence-corrected chi connectivity index (χ4v) is 2.86. The summed E-state index contributed by atoms with van der Waals surface area (Å²) in [6.07, 6.45) is 1.53. The molecule has 0 aliphatic heterocycles. The van der Waals surface area contributed by atoms with Crippen LogP contribution in [0.3, 0.4) is 0 Å². The van der Waals surface area contributed by atoms with Crippen LogP contribution in [0.2, 0.25) is 0 Å². The maximum absolute atomic E-state index is 12.2. The van der Waals surface area contributed by atoms with Gasteiger partial charge in [0.1, 0.15) is 6.07 Å². The minimum Gasteiger partial charge on any atom is -0.481 e. The first-order valence-electron chi connectivity index (χ1n) is 6.04. The minimum absolute atomic E-state index is 0.0334. The standard InChI is InChI=1S/C14H13N3O3S/c1-20-14-7-6-11(9-16-14)10-17-21(18,19)13-5-3-2-4-12(13)8-15/h2-7,9,17H,10H2,1H3. The molecule has 108 valence electrons. The third kappa shape index (κ3) is 3.56. The van der Waals surface area contributed by atoms with Gasteiger partial charge >= 0.3 is 0 Å². The van der Waals surface area contributed by atoms with Crippen LogP contribution in [0.25, 0.3) is 0 Å². The highest BCUT2D eigenvalue weighted by Crippen LogP contribution is 2.15. The number of sulfonamides is 1. The molecule has 1 N–H and O–H groups in total. The van der Waals surface area contributed by atoms with Crippen molar-refractivity contribution >= 4 is 10.0 Å². The normalized spacial score (nSPS) is 10.9. The van der Waals surface area contributed by atoms with E-state index in [1.54, 1.807) is 24.3 Å². The average molecular weight is 303 g/mol. The fraction of sp³-hybridized carbons (Fsp3) is 0.143. The van der Waals surface area contributed by atoms with Gasteiger partial charge in [-0.25, -0.2) is 18.1 Å². The SMILES string of the molecule is COc1ccc(CNS(=O)(=O)c2ccccc2C#N)cn1. The van der Waals surface area contributed by atoms with Crippen molar-refractivity contribution in [3.8, 4) is 11.9 Å². The lowest BCUT2D eigenvalue weighted by molar-refractivity contribution is 0.397. The van der Waals surface area contributed by atoms with Crippen LogP contribution in [0.15, 0.2) is 47.5 Å². The zero-order chi connectivity index (χ0) is 15.3. The molecule has 0 atom stereocenters. The highest BCUT2D eigenvalue weighted by molar-refractivity contribution is 7.89. The summed E-state index contributed by atoms with van der Waals surface area (Å²) < 4.78 is 31.8. The molecule has 0 radical (unpaired) electrons. The summed E-state index contributed by atoms with van der Waals surface area (Å²) in [6, 6.07) is 11.3. The van der Waals surface area contributed by atoms with Crippen LogP contribution in [0.5, 0.6) is 5.88 Å². The quantitative estimate of drug-likeness (QED) is 0.902. The van der Waals surface area contributed by atoms with Gasteiger partial charge in [0.15, 0.2) is 0 Å². The Kier molecular flexibility index (Phi) is 4.52. The summed E-state index contributed by atoms with van der Waals surface area (Å²) >= 11 is 0. The number of methoxy groups -OCH3 is 1. The van der Waals surface area contributed by atoms with E-state index in [1.807, 2.05) is 6.07 Å². The molecule has 0 saturated carbocycles. The summed E-state index contributed by atoms with van der Waals surface area (Å²) in [4.78, 5) is 3.96. The number of nitrogens with one attached hydrogen (secondary N) is 1. The first kappa shape index (κ1) is 15.0. The van der Waals surface area contributed by atoms with Gasteiger partial charge in [0, 0.05) is 18.8 Å². The molecular formula is C14H13N3O3S. The van der Waals surface area contributed by atoms with Gasteiger partial charge in [-0.3, -0.25) is 0 Å². The van der Waals surface area contributed by atoms with E-state index >= 15 is 0 Å². The highest BCUT2D eigenvalue weighted by atomic mass is 32.2. The number of hydrogen-bond donors (Lipinski definition) is 1. The van der Waals surface area contributed by atoms with E-state index in [2.05, 4.69) is 9.71 Å². The van der Waals surface area contributed by atoms with Gasteiger partial charge in [0.25, 0.3) is 0 Å². The van der Waals surface area contributed by atoms with E-state index in [0.29, 0.717) is 11.4 Å². The van der Waals surface area contributed by atoms with Gasteiger partial charge in [0.05, 0.1) is 17.6 Å². The van der Waals surface area contributed by atoms with E-state index < -0.39 is 10.0 Å². The molecule has 2 aromatic rings. The van der Waals surface area contributed by atoms with E-state index in [1.165, 1.54) is 25.4 Å². The number of pyridine rings is 1. The van der Waals surface area contributed by atoms with Crippen LogP contribution < -0.4 is 9.46 Å². The lowest BCUT2D eigenvalue weighted by Crippen LogP contribution is -2.24. The molecule has 0 unspecified atom stereocenters. The van der Waals surface area contributed by atoms with Crippen LogP contribution in [-0.2, 0) is 16.6 Å².